The minimum absolute atomic E-state index is 0.0259. The van der Waals surface area contributed by atoms with Crippen LogP contribution in [0.5, 0.6) is 17.2 Å². The van der Waals surface area contributed by atoms with E-state index in [1.807, 2.05) is 48.6 Å². The van der Waals surface area contributed by atoms with Crippen molar-refractivity contribution >= 4 is 73.1 Å². The number of hydrogen-bond donors (Lipinski definition) is 1. The van der Waals surface area contributed by atoms with Gasteiger partial charge in [0, 0.05) is 38.7 Å². The number of carbonyl (C=O) groups is 4. The molecule has 1 aliphatic heterocycles. The molecule has 242 valence electrons. The highest BCUT2D eigenvalue weighted by Crippen LogP contribution is 2.56. The Labute approximate surface area is 293 Å². The number of rotatable bonds is 6. The predicted molar refractivity (Wildman–Crippen MR) is 188 cm³/mol. The van der Waals surface area contributed by atoms with Gasteiger partial charge in [-0.3, -0.25) is 24.1 Å². The Kier molecular flexibility index (Phi) is 8.33. The molecule has 0 radical (unpaired) electrons. The zero-order valence-corrected chi connectivity index (χ0v) is 29.1. The number of fused-ring (bicyclic) bond motifs is 3. The molecule has 3 aromatic rings. The number of amides is 2. The number of imide groups is 1. The van der Waals surface area contributed by atoms with Crippen LogP contribution in [0.25, 0.3) is 12.2 Å². The fourth-order valence-electron chi connectivity index (χ4n) is 7.46. The first-order chi connectivity index (χ1) is 23.1. The number of Topliss-reactive ketones (excluding diaryl/α,β-unsaturated/α-hetero) is 1. The second kappa shape index (κ2) is 12.5. The molecule has 1 fully saturated rings. The van der Waals surface area contributed by atoms with Gasteiger partial charge in [0.25, 0.3) is 0 Å². The number of aromatic hydroxyl groups is 1. The highest BCUT2D eigenvalue weighted by molar-refractivity contribution is 9.12. The standard InChI is InChI=1S/C38H29Br2NO7/c1-47-23-10-14-32(48-2)20(15-23)6-3-19-4-8-22(9-5-19)41-37(45)25-12-11-24-26(34(25)38(41)46)17-28-35(31(43)18-29(40)36(28)44)33(24)27-16-21(39)7-13-30(27)42/h3-11,13-16,18,25-26,33-34,42H,12,17H2,1-2H3/t25-,26+,33+,34-/m0/s1. The maximum atomic E-state index is 14.3. The molecular formula is C38H29Br2NO7. The molecule has 48 heavy (non-hydrogen) atoms. The highest BCUT2D eigenvalue weighted by Gasteiger charge is 2.56. The normalized spacial score (nSPS) is 23.5. The molecule has 1 saturated heterocycles. The van der Waals surface area contributed by atoms with Crippen molar-refractivity contribution in [3.05, 3.63) is 115 Å². The molecule has 3 aromatic carbocycles. The molecule has 7 rings (SSSR count). The van der Waals surface area contributed by atoms with Crippen molar-refractivity contribution in [3.63, 3.8) is 0 Å². The smallest absolute Gasteiger partial charge is 0.238 e. The molecule has 1 N–H and O–H groups in total. The van der Waals surface area contributed by atoms with Crippen LogP contribution in [0, 0.1) is 17.8 Å². The Morgan fingerprint density at radius 3 is 2.38 bits per heavy atom. The van der Waals surface area contributed by atoms with E-state index >= 15 is 0 Å². The summed E-state index contributed by atoms with van der Waals surface area (Å²) in [5, 5.41) is 11.0. The van der Waals surface area contributed by atoms with E-state index < -0.39 is 23.7 Å². The quantitative estimate of drug-likeness (QED) is 0.121. The monoisotopic (exact) mass is 769 g/mol. The largest absolute Gasteiger partial charge is 0.508 e. The third kappa shape index (κ3) is 5.27. The van der Waals surface area contributed by atoms with Crippen LogP contribution in [0.2, 0.25) is 0 Å². The molecule has 8 nitrogen and oxygen atoms in total. The van der Waals surface area contributed by atoms with Crippen molar-refractivity contribution in [2.45, 2.75) is 18.8 Å². The number of allylic oxidation sites excluding steroid dienone is 6. The number of ketones is 2. The molecule has 0 bridgehead atoms. The van der Waals surface area contributed by atoms with Crippen LogP contribution in [-0.2, 0) is 19.2 Å². The average Bonchev–Trinajstić information content (AvgIpc) is 3.35. The van der Waals surface area contributed by atoms with Crippen LogP contribution >= 0.6 is 31.9 Å². The van der Waals surface area contributed by atoms with Crippen LogP contribution in [0.15, 0.2) is 98.5 Å². The van der Waals surface area contributed by atoms with Gasteiger partial charge in [-0.05, 0) is 88.8 Å². The summed E-state index contributed by atoms with van der Waals surface area (Å²) in [7, 11) is 3.20. The molecule has 2 amide bonds. The summed E-state index contributed by atoms with van der Waals surface area (Å²) in [6, 6.07) is 17.7. The van der Waals surface area contributed by atoms with Gasteiger partial charge in [-0.25, -0.2) is 0 Å². The molecule has 0 aromatic heterocycles. The number of ether oxygens (including phenoxy) is 2. The van der Waals surface area contributed by atoms with Crippen LogP contribution in [-0.4, -0.2) is 42.7 Å². The van der Waals surface area contributed by atoms with Gasteiger partial charge in [0.15, 0.2) is 11.6 Å². The topological polar surface area (TPSA) is 110 Å². The summed E-state index contributed by atoms with van der Waals surface area (Å²) in [5.41, 5.74) is 4.00. The van der Waals surface area contributed by atoms with Crippen LogP contribution < -0.4 is 14.4 Å². The van der Waals surface area contributed by atoms with E-state index in [2.05, 4.69) is 31.9 Å². The summed E-state index contributed by atoms with van der Waals surface area (Å²) in [5.74, 6) is -2.50. The molecule has 0 spiro atoms. The number of phenols is 1. The molecule has 0 unspecified atom stereocenters. The number of benzene rings is 3. The van der Waals surface area contributed by atoms with E-state index in [-0.39, 0.29) is 40.0 Å². The van der Waals surface area contributed by atoms with Crippen molar-refractivity contribution in [1.29, 1.82) is 0 Å². The predicted octanol–water partition coefficient (Wildman–Crippen LogP) is 7.31. The second-order valence-electron chi connectivity index (χ2n) is 12.1. The fraction of sp³-hybridized carbons (Fsp3) is 0.211. The maximum absolute atomic E-state index is 14.3. The van der Waals surface area contributed by atoms with Gasteiger partial charge in [0.2, 0.25) is 11.8 Å². The zero-order valence-electron chi connectivity index (χ0n) is 25.9. The molecule has 10 heteroatoms. The number of methoxy groups -OCH3 is 2. The van der Waals surface area contributed by atoms with E-state index in [0.29, 0.717) is 44.8 Å². The number of carbonyl (C=O) groups excluding carboxylic acids is 4. The molecule has 4 aliphatic rings. The molecule has 3 aliphatic carbocycles. The lowest BCUT2D eigenvalue weighted by Gasteiger charge is -2.42. The molecular weight excluding hydrogens is 742 g/mol. The minimum Gasteiger partial charge on any atom is -0.508 e. The first-order valence-electron chi connectivity index (χ1n) is 15.4. The average molecular weight is 771 g/mol. The summed E-state index contributed by atoms with van der Waals surface area (Å²) in [6.45, 7) is 0. The third-order valence-electron chi connectivity index (χ3n) is 9.68. The lowest BCUT2D eigenvalue weighted by molar-refractivity contribution is -0.123. The maximum Gasteiger partial charge on any atom is 0.238 e. The van der Waals surface area contributed by atoms with Gasteiger partial charge in [0.1, 0.15) is 17.2 Å². The number of nitrogens with zero attached hydrogens (tertiary/aromatic N) is 1. The van der Waals surface area contributed by atoms with E-state index in [9.17, 15) is 24.3 Å². The Bertz CT molecular complexity index is 2040. The Morgan fingerprint density at radius 1 is 0.875 bits per heavy atom. The van der Waals surface area contributed by atoms with E-state index in [1.54, 1.807) is 38.5 Å². The number of anilines is 1. The van der Waals surface area contributed by atoms with Crippen LogP contribution in [0.4, 0.5) is 5.69 Å². The van der Waals surface area contributed by atoms with E-state index in [4.69, 9.17) is 9.47 Å². The van der Waals surface area contributed by atoms with Gasteiger partial charge in [-0.1, -0.05) is 51.9 Å². The van der Waals surface area contributed by atoms with Crippen molar-refractivity contribution in [1.82, 2.24) is 0 Å². The van der Waals surface area contributed by atoms with Crippen LogP contribution in [0.1, 0.15) is 35.4 Å². The number of phenolic OH excluding ortho intramolecular Hbond substituents is 1. The van der Waals surface area contributed by atoms with Gasteiger partial charge in [0.05, 0.1) is 36.2 Å². The first-order valence-corrected chi connectivity index (χ1v) is 17.0. The van der Waals surface area contributed by atoms with Crippen LogP contribution in [0.3, 0.4) is 0 Å². The van der Waals surface area contributed by atoms with Gasteiger partial charge in [-0.15, -0.1) is 0 Å². The first kappa shape index (κ1) is 32.0. The number of hydrogen-bond acceptors (Lipinski definition) is 7. The summed E-state index contributed by atoms with van der Waals surface area (Å²) in [6.07, 6.45) is 7.46. The molecule has 0 saturated carbocycles. The van der Waals surface area contributed by atoms with Crippen molar-refractivity contribution in [2.24, 2.45) is 17.8 Å². The second-order valence-corrected chi connectivity index (χ2v) is 13.9. The Morgan fingerprint density at radius 2 is 1.65 bits per heavy atom. The molecule has 4 atom stereocenters. The number of halogens is 2. The van der Waals surface area contributed by atoms with Gasteiger partial charge < -0.3 is 14.6 Å². The lowest BCUT2D eigenvalue weighted by Crippen LogP contribution is -2.39. The lowest BCUT2D eigenvalue weighted by atomic mass is 9.59. The van der Waals surface area contributed by atoms with Gasteiger partial charge in [-0.2, -0.15) is 0 Å². The van der Waals surface area contributed by atoms with Gasteiger partial charge >= 0.3 is 0 Å². The summed E-state index contributed by atoms with van der Waals surface area (Å²) < 4.78 is 11.6. The SMILES string of the molecule is COc1ccc(OC)c(C=Cc2ccc(N3C(=O)[C@H]4[C@H](CC=C5[C@H](c6cc(Br)ccc6O)C6=C(C[C@H]54)C(=O)C(Br)=CC6=O)C3=O)cc2)c1. The van der Waals surface area contributed by atoms with Crippen molar-refractivity contribution in [2.75, 3.05) is 19.1 Å². The molecule has 1 heterocycles. The van der Waals surface area contributed by atoms with E-state index in [1.165, 1.54) is 17.0 Å². The van der Waals surface area contributed by atoms with E-state index in [0.717, 1.165) is 16.7 Å². The van der Waals surface area contributed by atoms with Crippen molar-refractivity contribution < 1.29 is 33.8 Å². The highest BCUT2D eigenvalue weighted by atomic mass is 79.9. The fourth-order valence-corrected chi connectivity index (χ4v) is 8.29. The summed E-state index contributed by atoms with van der Waals surface area (Å²) in [4.78, 5) is 56.3. The van der Waals surface area contributed by atoms with Crippen molar-refractivity contribution in [3.8, 4) is 17.2 Å². The third-order valence-corrected chi connectivity index (χ3v) is 10.8. The Hall–Kier alpha value is -4.54. The zero-order chi connectivity index (χ0) is 33.9. The Balaban J connectivity index is 1.21. The minimum atomic E-state index is -0.739. The summed E-state index contributed by atoms with van der Waals surface area (Å²) >= 11 is 6.72.